The molecule has 1 rings (SSSR count). The molecule has 2 atom stereocenters. The number of halogens is 1. The van der Waals surface area contributed by atoms with Gasteiger partial charge in [-0.3, -0.25) is 0 Å². The van der Waals surface area contributed by atoms with Crippen molar-refractivity contribution in [2.45, 2.75) is 17.9 Å². The van der Waals surface area contributed by atoms with Crippen molar-refractivity contribution in [1.82, 2.24) is 0 Å². The second kappa shape index (κ2) is 5.25. The molecule has 0 saturated carbocycles. The van der Waals surface area contributed by atoms with Gasteiger partial charge in [0.25, 0.3) is 0 Å². The second-order valence-electron chi connectivity index (χ2n) is 2.87. The molecule has 0 fully saturated rings. The first-order valence-electron chi connectivity index (χ1n) is 4.20. The van der Waals surface area contributed by atoms with Gasteiger partial charge in [0, 0.05) is 4.83 Å². The lowest BCUT2D eigenvalue weighted by molar-refractivity contribution is 0.110. The van der Waals surface area contributed by atoms with Gasteiger partial charge in [-0.15, -0.1) is 0 Å². The predicted octanol–water partition coefficient (Wildman–Crippen LogP) is 2.21. The third-order valence-electron chi connectivity index (χ3n) is 1.69. The van der Waals surface area contributed by atoms with E-state index in [1.807, 2.05) is 37.3 Å². The maximum Gasteiger partial charge on any atom is 0.119 e. The minimum Gasteiger partial charge on any atom is -0.491 e. The molecule has 0 aliphatic heterocycles. The Hall–Kier alpha value is -0.540. The van der Waals surface area contributed by atoms with Gasteiger partial charge in [0.2, 0.25) is 0 Å². The van der Waals surface area contributed by atoms with Gasteiger partial charge in [-0.2, -0.15) is 0 Å². The number of aliphatic hydroxyl groups excluding tert-OH is 1. The van der Waals surface area contributed by atoms with E-state index in [1.54, 1.807) is 0 Å². The van der Waals surface area contributed by atoms with Crippen molar-refractivity contribution < 1.29 is 9.84 Å². The highest BCUT2D eigenvalue weighted by Gasteiger charge is 2.10. The van der Waals surface area contributed by atoms with E-state index in [-0.39, 0.29) is 4.83 Å². The third-order valence-corrected chi connectivity index (χ3v) is 2.30. The van der Waals surface area contributed by atoms with E-state index >= 15 is 0 Å². The third kappa shape index (κ3) is 3.79. The van der Waals surface area contributed by atoms with Crippen LogP contribution in [0.3, 0.4) is 0 Å². The quantitative estimate of drug-likeness (QED) is 0.824. The first kappa shape index (κ1) is 10.5. The van der Waals surface area contributed by atoms with E-state index in [4.69, 9.17) is 4.74 Å². The Morgan fingerprint density at radius 1 is 1.38 bits per heavy atom. The number of rotatable bonds is 4. The molecule has 0 heterocycles. The Morgan fingerprint density at radius 2 is 2.00 bits per heavy atom. The molecule has 72 valence electrons. The summed E-state index contributed by atoms with van der Waals surface area (Å²) in [6.45, 7) is 2.20. The number of para-hydroxylation sites is 1. The van der Waals surface area contributed by atoms with E-state index in [9.17, 15) is 5.11 Å². The summed E-state index contributed by atoms with van der Waals surface area (Å²) in [6.07, 6.45) is -0.472. The molecule has 0 unspecified atom stereocenters. The van der Waals surface area contributed by atoms with Crippen LogP contribution in [0.5, 0.6) is 5.75 Å². The van der Waals surface area contributed by atoms with E-state index in [1.165, 1.54) is 0 Å². The molecule has 1 aromatic rings. The predicted molar refractivity (Wildman–Crippen MR) is 56.3 cm³/mol. The first-order chi connectivity index (χ1) is 6.20. The number of aliphatic hydroxyl groups is 1. The zero-order valence-electron chi connectivity index (χ0n) is 7.48. The highest BCUT2D eigenvalue weighted by atomic mass is 79.9. The number of ether oxygens (including phenoxy) is 1. The Kier molecular flexibility index (Phi) is 4.25. The lowest BCUT2D eigenvalue weighted by atomic mass is 10.3. The Balaban J connectivity index is 2.35. The molecule has 13 heavy (non-hydrogen) atoms. The number of hydrogen-bond acceptors (Lipinski definition) is 2. The van der Waals surface area contributed by atoms with Crippen LogP contribution in [0.1, 0.15) is 6.92 Å². The van der Waals surface area contributed by atoms with Crippen LogP contribution in [0.2, 0.25) is 0 Å². The summed E-state index contributed by atoms with van der Waals surface area (Å²) in [5.74, 6) is 0.787. The lowest BCUT2D eigenvalue weighted by Gasteiger charge is -2.13. The van der Waals surface area contributed by atoms with Crippen LogP contribution in [0.25, 0.3) is 0 Å². The first-order valence-corrected chi connectivity index (χ1v) is 5.11. The molecule has 0 aromatic heterocycles. The largest absolute Gasteiger partial charge is 0.491 e. The van der Waals surface area contributed by atoms with Gasteiger partial charge in [-0.25, -0.2) is 0 Å². The van der Waals surface area contributed by atoms with Crippen molar-refractivity contribution in [2.75, 3.05) is 6.61 Å². The maximum atomic E-state index is 9.42. The summed E-state index contributed by atoms with van der Waals surface area (Å²) in [7, 11) is 0. The highest BCUT2D eigenvalue weighted by Crippen LogP contribution is 2.11. The van der Waals surface area contributed by atoms with Gasteiger partial charge in [-0.1, -0.05) is 41.1 Å². The summed E-state index contributed by atoms with van der Waals surface area (Å²) >= 11 is 3.28. The fourth-order valence-electron chi connectivity index (χ4n) is 0.831. The van der Waals surface area contributed by atoms with Crippen molar-refractivity contribution >= 4 is 15.9 Å². The molecule has 0 spiro atoms. The molecule has 0 radical (unpaired) electrons. The van der Waals surface area contributed by atoms with Crippen molar-refractivity contribution in [3.8, 4) is 5.75 Å². The molecular formula is C10H13BrO2. The average molecular weight is 245 g/mol. The van der Waals surface area contributed by atoms with Crippen LogP contribution in [-0.4, -0.2) is 22.6 Å². The Labute approximate surface area is 86.7 Å². The van der Waals surface area contributed by atoms with Crippen LogP contribution >= 0.6 is 15.9 Å². The van der Waals surface area contributed by atoms with Gasteiger partial charge in [0.05, 0.1) is 0 Å². The fourth-order valence-corrected chi connectivity index (χ4v) is 0.984. The maximum absolute atomic E-state index is 9.42. The number of alkyl halides is 1. The molecule has 0 aliphatic carbocycles. The Bertz CT molecular complexity index is 236. The zero-order chi connectivity index (χ0) is 9.68. The molecule has 0 aliphatic rings. The minimum absolute atomic E-state index is 0.0520. The van der Waals surface area contributed by atoms with Crippen molar-refractivity contribution in [3.63, 3.8) is 0 Å². The molecule has 0 amide bonds. The smallest absolute Gasteiger partial charge is 0.119 e. The van der Waals surface area contributed by atoms with Crippen LogP contribution in [0.4, 0.5) is 0 Å². The highest BCUT2D eigenvalue weighted by molar-refractivity contribution is 9.09. The fraction of sp³-hybridized carbons (Fsp3) is 0.400. The summed E-state index contributed by atoms with van der Waals surface area (Å²) in [5, 5.41) is 9.42. The summed E-state index contributed by atoms with van der Waals surface area (Å²) in [5.41, 5.74) is 0. The van der Waals surface area contributed by atoms with Gasteiger partial charge in [-0.05, 0) is 12.1 Å². The molecule has 0 saturated heterocycles. The molecule has 2 nitrogen and oxygen atoms in total. The van der Waals surface area contributed by atoms with E-state index in [2.05, 4.69) is 15.9 Å². The minimum atomic E-state index is -0.472. The van der Waals surface area contributed by atoms with E-state index in [0.29, 0.717) is 6.61 Å². The van der Waals surface area contributed by atoms with Crippen molar-refractivity contribution in [3.05, 3.63) is 30.3 Å². The summed E-state index contributed by atoms with van der Waals surface area (Å²) in [6, 6.07) is 9.46. The van der Waals surface area contributed by atoms with Crippen molar-refractivity contribution in [2.24, 2.45) is 0 Å². The van der Waals surface area contributed by atoms with Gasteiger partial charge in [0.15, 0.2) is 0 Å². The zero-order valence-corrected chi connectivity index (χ0v) is 9.07. The molecule has 0 bridgehead atoms. The van der Waals surface area contributed by atoms with Gasteiger partial charge in [0.1, 0.15) is 18.5 Å². The van der Waals surface area contributed by atoms with E-state index < -0.39 is 6.10 Å². The average Bonchev–Trinajstić information content (AvgIpc) is 2.15. The van der Waals surface area contributed by atoms with Gasteiger partial charge < -0.3 is 9.84 Å². The van der Waals surface area contributed by atoms with Gasteiger partial charge >= 0.3 is 0 Å². The molecule has 3 heteroatoms. The van der Waals surface area contributed by atoms with Crippen LogP contribution in [0.15, 0.2) is 30.3 Å². The number of hydrogen-bond donors (Lipinski definition) is 1. The van der Waals surface area contributed by atoms with Crippen LogP contribution < -0.4 is 4.74 Å². The number of benzene rings is 1. The Morgan fingerprint density at radius 3 is 2.54 bits per heavy atom. The monoisotopic (exact) mass is 244 g/mol. The normalized spacial score (nSPS) is 15.0. The second-order valence-corrected chi connectivity index (χ2v) is 4.31. The molecule has 1 N–H and O–H groups in total. The standard InChI is InChI=1S/C10H13BrO2/c1-8(11)10(12)7-13-9-5-3-2-4-6-9/h2-6,8,10,12H,7H2,1H3/t8-,10+/m1/s1. The topological polar surface area (TPSA) is 29.5 Å². The van der Waals surface area contributed by atoms with Crippen LogP contribution in [-0.2, 0) is 0 Å². The summed E-state index contributed by atoms with van der Waals surface area (Å²) < 4.78 is 5.35. The lowest BCUT2D eigenvalue weighted by Crippen LogP contribution is -2.25. The molecule has 1 aromatic carbocycles. The summed E-state index contributed by atoms with van der Waals surface area (Å²) in [4.78, 5) is 0.0520. The van der Waals surface area contributed by atoms with Crippen molar-refractivity contribution in [1.29, 1.82) is 0 Å². The van der Waals surface area contributed by atoms with Crippen LogP contribution in [0, 0.1) is 0 Å². The molecular weight excluding hydrogens is 232 g/mol. The van der Waals surface area contributed by atoms with E-state index in [0.717, 1.165) is 5.75 Å². The SMILES string of the molecule is C[C@@H](Br)[C@@H](O)COc1ccccc1.